The highest BCUT2D eigenvalue weighted by molar-refractivity contribution is 6.02. The molecule has 0 amide bonds. The van der Waals surface area contributed by atoms with Crippen LogP contribution in [0.15, 0.2) is 36.4 Å². The second-order valence-electron chi connectivity index (χ2n) is 8.91. The number of hydrogen-bond acceptors (Lipinski definition) is 7. The minimum absolute atomic E-state index is 0.175. The number of aryl methyl sites for hydroxylation is 1. The van der Waals surface area contributed by atoms with Crippen LogP contribution < -0.4 is 0 Å². The fourth-order valence-electron chi connectivity index (χ4n) is 4.06. The number of carbonyl (C=O) groups excluding carboxylic acids is 4. The first kappa shape index (κ1) is 31.1. The van der Waals surface area contributed by atoms with Gasteiger partial charge in [-0.3, -0.25) is 14.4 Å². The minimum Gasteiger partial charge on any atom is -0.465 e. The van der Waals surface area contributed by atoms with Crippen molar-refractivity contribution < 1.29 is 33.4 Å². The van der Waals surface area contributed by atoms with Crippen LogP contribution in [-0.2, 0) is 35.0 Å². The van der Waals surface area contributed by atoms with E-state index in [0.717, 1.165) is 24.8 Å². The van der Waals surface area contributed by atoms with Crippen molar-refractivity contribution in [1.82, 2.24) is 0 Å². The van der Waals surface area contributed by atoms with E-state index < -0.39 is 11.4 Å². The van der Waals surface area contributed by atoms with Crippen LogP contribution in [-0.4, -0.2) is 43.0 Å². The summed E-state index contributed by atoms with van der Waals surface area (Å²) >= 11 is 0. The number of ether oxygens (including phenoxy) is 3. The van der Waals surface area contributed by atoms with Crippen LogP contribution in [0, 0.1) is 5.41 Å². The van der Waals surface area contributed by atoms with Crippen molar-refractivity contribution in [3.8, 4) is 0 Å². The van der Waals surface area contributed by atoms with E-state index in [-0.39, 0.29) is 36.9 Å². The second-order valence-corrected chi connectivity index (χ2v) is 8.91. The van der Waals surface area contributed by atoms with E-state index >= 15 is 0 Å². The highest BCUT2D eigenvalue weighted by Gasteiger charge is 2.43. The zero-order chi connectivity index (χ0) is 27.0. The second kappa shape index (κ2) is 16.7. The maximum atomic E-state index is 13.0. The van der Waals surface area contributed by atoms with Gasteiger partial charge in [-0.15, -0.1) is 0 Å². The van der Waals surface area contributed by atoms with Gasteiger partial charge in [0.25, 0.3) is 0 Å². The third-order valence-corrected chi connectivity index (χ3v) is 6.10. The van der Waals surface area contributed by atoms with Gasteiger partial charge in [-0.2, -0.15) is 0 Å². The largest absolute Gasteiger partial charge is 0.465 e. The molecular formula is C29H42O7. The number of Topliss-reactive ketones (excluding diaryl/α,β-unsaturated/α-hetero) is 1. The minimum atomic E-state index is -1.30. The number of hydrogen-bond donors (Lipinski definition) is 0. The summed E-state index contributed by atoms with van der Waals surface area (Å²) in [5, 5.41) is 0. The van der Waals surface area contributed by atoms with Gasteiger partial charge in [-0.25, -0.2) is 4.79 Å². The van der Waals surface area contributed by atoms with E-state index in [0.29, 0.717) is 37.9 Å². The molecule has 200 valence electrons. The van der Waals surface area contributed by atoms with Crippen LogP contribution in [0.25, 0.3) is 0 Å². The van der Waals surface area contributed by atoms with Gasteiger partial charge >= 0.3 is 17.9 Å². The molecule has 0 heterocycles. The highest BCUT2D eigenvalue weighted by Crippen LogP contribution is 2.33. The fourth-order valence-corrected chi connectivity index (χ4v) is 4.06. The predicted octanol–water partition coefficient (Wildman–Crippen LogP) is 5.78. The standard InChI is InChI=1S/C29H42O7/c1-6-9-10-14-26(36-23(5)31)15-12-21-29(22(4)30,28(33)35-8-3)20-11-13-24-16-18-25(19-17-24)27(32)34-7-2/h12,15-19,26H,6-11,13-14,20-21H2,1-5H3/b15-12+. The van der Waals surface area contributed by atoms with Crippen LogP contribution in [0.5, 0.6) is 0 Å². The van der Waals surface area contributed by atoms with Crippen molar-refractivity contribution in [2.24, 2.45) is 5.41 Å². The number of carbonyl (C=O) groups is 4. The van der Waals surface area contributed by atoms with Gasteiger partial charge in [-0.05, 0) is 83.1 Å². The van der Waals surface area contributed by atoms with Crippen LogP contribution in [0.4, 0.5) is 0 Å². The van der Waals surface area contributed by atoms with E-state index in [4.69, 9.17) is 14.2 Å². The summed E-state index contributed by atoms with van der Waals surface area (Å²) in [7, 11) is 0. The lowest BCUT2D eigenvalue weighted by Crippen LogP contribution is -2.39. The maximum Gasteiger partial charge on any atom is 0.338 e. The average molecular weight is 503 g/mol. The Morgan fingerprint density at radius 1 is 0.917 bits per heavy atom. The summed E-state index contributed by atoms with van der Waals surface area (Å²) in [5.41, 5.74) is 0.170. The third kappa shape index (κ3) is 10.3. The molecule has 1 aromatic rings. The van der Waals surface area contributed by atoms with Gasteiger partial charge in [-0.1, -0.05) is 38.0 Å². The summed E-state index contributed by atoms with van der Waals surface area (Å²) < 4.78 is 15.7. The topological polar surface area (TPSA) is 96.0 Å². The van der Waals surface area contributed by atoms with Crippen molar-refractivity contribution in [3.63, 3.8) is 0 Å². The number of esters is 3. The first-order valence-electron chi connectivity index (χ1n) is 13.0. The lowest BCUT2D eigenvalue weighted by molar-refractivity contribution is -0.160. The summed E-state index contributed by atoms with van der Waals surface area (Å²) in [6.45, 7) is 8.87. The summed E-state index contributed by atoms with van der Waals surface area (Å²) in [6.07, 6.45) is 8.57. The normalized spacial score (nSPS) is 13.6. The molecule has 0 spiro atoms. The molecule has 36 heavy (non-hydrogen) atoms. The average Bonchev–Trinajstić information content (AvgIpc) is 2.83. The van der Waals surface area contributed by atoms with Gasteiger partial charge in [0.1, 0.15) is 17.3 Å². The molecule has 0 saturated heterocycles. The van der Waals surface area contributed by atoms with Gasteiger partial charge in [0.2, 0.25) is 0 Å². The highest BCUT2D eigenvalue weighted by atomic mass is 16.5. The van der Waals surface area contributed by atoms with Crippen molar-refractivity contribution in [3.05, 3.63) is 47.5 Å². The smallest absolute Gasteiger partial charge is 0.338 e. The van der Waals surface area contributed by atoms with Crippen molar-refractivity contribution >= 4 is 23.7 Å². The first-order valence-corrected chi connectivity index (χ1v) is 13.0. The number of benzene rings is 1. The molecule has 0 aromatic heterocycles. The fraction of sp³-hybridized carbons (Fsp3) is 0.586. The molecule has 0 aliphatic heterocycles. The van der Waals surface area contributed by atoms with Crippen molar-refractivity contribution in [2.45, 2.75) is 92.1 Å². The van der Waals surface area contributed by atoms with Crippen LogP contribution in [0.3, 0.4) is 0 Å². The number of allylic oxidation sites excluding steroid dienone is 1. The summed E-state index contributed by atoms with van der Waals surface area (Å²) in [6, 6.07) is 7.14. The quantitative estimate of drug-likeness (QED) is 0.0875. The molecule has 1 aromatic carbocycles. The molecule has 0 saturated carbocycles. The van der Waals surface area contributed by atoms with E-state index in [1.165, 1.54) is 13.8 Å². The van der Waals surface area contributed by atoms with E-state index in [9.17, 15) is 19.2 Å². The zero-order valence-corrected chi connectivity index (χ0v) is 22.5. The van der Waals surface area contributed by atoms with Crippen molar-refractivity contribution in [1.29, 1.82) is 0 Å². The molecule has 0 aliphatic rings. The Balaban J connectivity index is 2.96. The number of rotatable bonds is 17. The molecule has 0 N–H and O–H groups in total. The van der Waals surface area contributed by atoms with E-state index in [1.54, 1.807) is 38.1 Å². The molecule has 2 unspecified atom stereocenters. The lowest BCUT2D eigenvalue weighted by Gasteiger charge is -2.28. The molecule has 2 atom stereocenters. The molecule has 1 rings (SSSR count). The summed E-state index contributed by atoms with van der Waals surface area (Å²) in [5.74, 6) is -1.51. The Morgan fingerprint density at radius 2 is 1.58 bits per heavy atom. The Kier molecular flexibility index (Phi) is 14.4. The first-order chi connectivity index (χ1) is 17.2. The van der Waals surface area contributed by atoms with Gasteiger partial charge < -0.3 is 14.2 Å². The molecule has 0 bridgehead atoms. The molecule has 7 heteroatoms. The molecular weight excluding hydrogens is 460 g/mol. The Bertz CT molecular complexity index is 872. The SMILES string of the molecule is CCCCCC(/C=C/CC(CCCc1ccc(C(=O)OCC)cc1)(C(C)=O)C(=O)OCC)OC(C)=O. The van der Waals surface area contributed by atoms with Gasteiger partial charge in [0.05, 0.1) is 18.8 Å². The van der Waals surface area contributed by atoms with Crippen LogP contribution >= 0.6 is 0 Å². The molecule has 0 aliphatic carbocycles. The van der Waals surface area contributed by atoms with Gasteiger partial charge in [0, 0.05) is 6.92 Å². The molecule has 0 fully saturated rings. The summed E-state index contributed by atoms with van der Waals surface area (Å²) in [4.78, 5) is 49.1. The molecule has 0 radical (unpaired) electrons. The lowest BCUT2D eigenvalue weighted by atomic mass is 9.75. The monoisotopic (exact) mass is 502 g/mol. The Morgan fingerprint density at radius 3 is 2.14 bits per heavy atom. The number of unbranched alkanes of at least 4 members (excludes halogenated alkanes) is 2. The maximum absolute atomic E-state index is 13.0. The Labute approximate surface area is 215 Å². The molecule has 7 nitrogen and oxygen atoms in total. The predicted molar refractivity (Wildman–Crippen MR) is 139 cm³/mol. The Hall–Kier alpha value is -2.96. The third-order valence-electron chi connectivity index (χ3n) is 6.10. The zero-order valence-electron chi connectivity index (χ0n) is 22.5. The van der Waals surface area contributed by atoms with Gasteiger partial charge in [0.15, 0.2) is 0 Å². The van der Waals surface area contributed by atoms with E-state index in [1.807, 2.05) is 12.1 Å². The van der Waals surface area contributed by atoms with Crippen LogP contribution in [0.2, 0.25) is 0 Å². The van der Waals surface area contributed by atoms with Crippen LogP contribution in [0.1, 0.15) is 95.5 Å². The number of ketones is 1. The van der Waals surface area contributed by atoms with E-state index in [2.05, 4.69) is 6.92 Å². The van der Waals surface area contributed by atoms with Crippen molar-refractivity contribution in [2.75, 3.05) is 13.2 Å².